The molecule has 0 saturated carbocycles. The minimum atomic E-state index is -0.262. The molecular formula is C25H20N6O. The second-order valence-corrected chi connectivity index (χ2v) is 7.44. The number of carbonyl (C=O) groups is 1. The van der Waals surface area contributed by atoms with E-state index in [9.17, 15) is 4.79 Å². The average molecular weight is 420 g/mol. The first-order chi connectivity index (χ1) is 15.6. The van der Waals surface area contributed by atoms with Crippen LogP contribution in [-0.4, -0.2) is 30.6 Å². The topological polar surface area (TPSA) is 85.6 Å². The maximum atomic E-state index is 13.3. The number of nitrogens with one attached hydrogen (secondary N) is 1. The molecule has 5 aromatic rings. The third-order valence-corrected chi connectivity index (χ3v) is 5.22. The summed E-state index contributed by atoms with van der Waals surface area (Å²) in [6, 6.07) is 21.3. The molecule has 0 bridgehead atoms. The summed E-state index contributed by atoms with van der Waals surface area (Å²) in [5.41, 5.74) is 4.98. The van der Waals surface area contributed by atoms with Crippen LogP contribution in [0, 0.1) is 6.92 Å². The van der Waals surface area contributed by atoms with Crippen LogP contribution in [0.3, 0.4) is 0 Å². The number of carbonyl (C=O) groups excluding carboxylic acids is 1. The molecule has 0 atom stereocenters. The van der Waals surface area contributed by atoms with Gasteiger partial charge in [0, 0.05) is 18.2 Å². The van der Waals surface area contributed by atoms with Gasteiger partial charge >= 0.3 is 0 Å². The van der Waals surface area contributed by atoms with E-state index in [1.165, 1.54) is 0 Å². The van der Waals surface area contributed by atoms with Crippen LogP contribution in [0.25, 0.3) is 33.7 Å². The Labute approximate surface area is 184 Å². The van der Waals surface area contributed by atoms with Crippen LogP contribution >= 0.6 is 0 Å². The number of aromatic nitrogens is 5. The number of pyridine rings is 1. The van der Waals surface area contributed by atoms with Crippen molar-refractivity contribution in [2.45, 2.75) is 6.92 Å². The summed E-state index contributed by atoms with van der Waals surface area (Å²) in [7, 11) is 1.83. The lowest BCUT2D eigenvalue weighted by molar-refractivity contribution is 0.102. The molecule has 3 heterocycles. The van der Waals surface area contributed by atoms with Gasteiger partial charge in [0.25, 0.3) is 5.91 Å². The van der Waals surface area contributed by atoms with Crippen LogP contribution < -0.4 is 5.32 Å². The van der Waals surface area contributed by atoms with Gasteiger partial charge in [-0.15, -0.1) is 0 Å². The van der Waals surface area contributed by atoms with Crippen molar-refractivity contribution in [3.63, 3.8) is 0 Å². The van der Waals surface area contributed by atoms with Crippen LogP contribution in [0.1, 0.15) is 16.1 Å². The molecule has 7 nitrogen and oxygen atoms in total. The summed E-state index contributed by atoms with van der Waals surface area (Å²) in [6.45, 7) is 1.88. The molecule has 3 aromatic heterocycles. The largest absolute Gasteiger partial charge is 0.319 e. The van der Waals surface area contributed by atoms with Crippen molar-refractivity contribution >= 4 is 22.6 Å². The lowest BCUT2D eigenvalue weighted by Gasteiger charge is -2.09. The molecule has 0 aliphatic heterocycles. The Morgan fingerprint density at radius 1 is 0.906 bits per heavy atom. The average Bonchev–Trinajstić information content (AvgIpc) is 3.13. The van der Waals surface area contributed by atoms with E-state index >= 15 is 0 Å². The van der Waals surface area contributed by atoms with Gasteiger partial charge in [-0.3, -0.25) is 9.48 Å². The van der Waals surface area contributed by atoms with Gasteiger partial charge in [0.2, 0.25) is 0 Å². The molecule has 0 aliphatic carbocycles. The molecule has 0 radical (unpaired) electrons. The van der Waals surface area contributed by atoms with Crippen LogP contribution in [0.15, 0.2) is 79.1 Å². The van der Waals surface area contributed by atoms with Crippen LogP contribution in [-0.2, 0) is 7.05 Å². The molecule has 0 fully saturated rings. The third kappa shape index (κ3) is 3.60. The van der Waals surface area contributed by atoms with Gasteiger partial charge < -0.3 is 5.32 Å². The lowest BCUT2D eigenvalue weighted by atomic mass is 10.0. The van der Waals surface area contributed by atoms with Gasteiger partial charge in [0.05, 0.1) is 40.4 Å². The fourth-order valence-electron chi connectivity index (χ4n) is 3.71. The first kappa shape index (κ1) is 19.6. The molecular weight excluding hydrogens is 400 g/mol. The SMILES string of the molecule is Cc1nn(C)c2nc(-c3ccccc3)cc(C(=O)Nc3cnc(-c4ccccc4)nc3)c12. The van der Waals surface area contributed by atoms with E-state index in [0.29, 0.717) is 28.4 Å². The first-order valence-corrected chi connectivity index (χ1v) is 10.2. The van der Waals surface area contributed by atoms with Gasteiger partial charge in [-0.05, 0) is 13.0 Å². The van der Waals surface area contributed by atoms with Gasteiger partial charge in [0.1, 0.15) is 0 Å². The predicted molar refractivity (Wildman–Crippen MR) is 124 cm³/mol. The molecule has 0 aliphatic rings. The molecule has 2 aromatic carbocycles. The molecule has 5 rings (SSSR count). The third-order valence-electron chi connectivity index (χ3n) is 5.22. The van der Waals surface area contributed by atoms with Gasteiger partial charge in [-0.25, -0.2) is 15.0 Å². The molecule has 1 N–H and O–H groups in total. The summed E-state index contributed by atoms with van der Waals surface area (Å²) in [4.78, 5) is 26.8. The lowest BCUT2D eigenvalue weighted by Crippen LogP contribution is -2.14. The fourth-order valence-corrected chi connectivity index (χ4v) is 3.71. The second kappa shape index (κ2) is 8.03. The van der Waals surface area contributed by atoms with Gasteiger partial charge in [0.15, 0.2) is 11.5 Å². The number of nitrogens with zero attached hydrogens (tertiary/aromatic N) is 5. The Balaban J connectivity index is 1.51. The summed E-state index contributed by atoms with van der Waals surface area (Å²) >= 11 is 0. The van der Waals surface area contributed by atoms with E-state index in [1.54, 1.807) is 23.1 Å². The predicted octanol–water partition coefficient (Wildman–Crippen LogP) is 4.65. The Hall–Kier alpha value is -4.39. The molecule has 0 saturated heterocycles. The van der Waals surface area contributed by atoms with Crippen molar-refractivity contribution in [3.8, 4) is 22.6 Å². The number of hydrogen-bond donors (Lipinski definition) is 1. The molecule has 32 heavy (non-hydrogen) atoms. The van der Waals surface area contributed by atoms with Crippen molar-refractivity contribution in [1.82, 2.24) is 24.7 Å². The number of fused-ring (bicyclic) bond motifs is 1. The number of amides is 1. The molecule has 156 valence electrons. The second-order valence-electron chi connectivity index (χ2n) is 7.44. The van der Waals surface area contributed by atoms with Crippen molar-refractivity contribution in [2.24, 2.45) is 7.05 Å². The Morgan fingerprint density at radius 3 is 2.19 bits per heavy atom. The maximum absolute atomic E-state index is 13.3. The number of aryl methyl sites for hydroxylation is 2. The highest BCUT2D eigenvalue weighted by molar-refractivity contribution is 6.13. The fraction of sp³-hybridized carbons (Fsp3) is 0.0800. The highest BCUT2D eigenvalue weighted by Crippen LogP contribution is 2.27. The summed E-state index contributed by atoms with van der Waals surface area (Å²) in [5.74, 6) is 0.339. The monoisotopic (exact) mass is 420 g/mol. The van der Waals surface area contributed by atoms with Crippen molar-refractivity contribution in [1.29, 1.82) is 0 Å². The van der Waals surface area contributed by atoms with Crippen molar-refractivity contribution in [2.75, 3.05) is 5.32 Å². The van der Waals surface area contributed by atoms with E-state index in [2.05, 4.69) is 20.4 Å². The van der Waals surface area contributed by atoms with E-state index in [1.807, 2.05) is 74.6 Å². The molecule has 0 spiro atoms. The summed E-state index contributed by atoms with van der Waals surface area (Å²) in [6.07, 6.45) is 3.22. The number of hydrogen-bond acceptors (Lipinski definition) is 5. The summed E-state index contributed by atoms with van der Waals surface area (Å²) in [5, 5.41) is 8.11. The van der Waals surface area contributed by atoms with E-state index < -0.39 is 0 Å². The minimum Gasteiger partial charge on any atom is -0.319 e. The minimum absolute atomic E-state index is 0.262. The number of anilines is 1. The highest BCUT2D eigenvalue weighted by Gasteiger charge is 2.19. The van der Waals surface area contributed by atoms with E-state index in [0.717, 1.165) is 22.2 Å². The van der Waals surface area contributed by atoms with Crippen molar-refractivity contribution < 1.29 is 4.79 Å². The molecule has 0 unspecified atom stereocenters. The van der Waals surface area contributed by atoms with Crippen LogP contribution in [0.2, 0.25) is 0 Å². The molecule has 7 heteroatoms. The number of rotatable bonds is 4. The normalized spacial score (nSPS) is 10.9. The van der Waals surface area contributed by atoms with Gasteiger partial charge in [-0.1, -0.05) is 60.7 Å². The standard InChI is InChI=1S/C25H20N6O/c1-16-22-20(13-21(17-9-5-3-6-10-17)29-24(22)31(2)30-16)25(32)28-19-14-26-23(27-15-19)18-11-7-4-8-12-18/h3-15H,1-2H3,(H,28,32). The van der Waals surface area contributed by atoms with E-state index in [4.69, 9.17) is 4.98 Å². The van der Waals surface area contributed by atoms with Crippen LogP contribution in [0.5, 0.6) is 0 Å². The van der Waals surface area contributed by atoms with Crippen LogP contribution in [0.4, 0.5) is 5.69 Å². The quantitative estimate of drug-likeness (QED) is 0.457. The van der Waals surface area contributed by atoms with E-state index in [-0.39, 0.29) is 5.91 Å². The Bertz CT molecular complexity index is 1410. The number of benzene rings is 2. The Kier molecular flexibility index (Phi) is 4.91. The zero-order valence-corrected chi connectivity index (χ0v) is 17.6. The smallest absolute Gasteiger partial charge is 0.256 e. The van der Waals surface area contributed by atoms with Gasteiger partial charge in [-0.2, -0.15) is 5.10 Å². The molecule has 1 amide bonds. The van der Waals surface area contributed by atoms with Crippen molar-refractivity contribution in [3.05, 3.63) is 90.4 Å². The maximum Gasteiger partial charge on any atom is 0.256 e. The Morgan fingerprint density at radius 2 is 1.53 bits per heavy atom. The zero-order valence-electron chi connectivity index (χ0n) is 17.6. The first-order valence-electron chi connectivity index (χ1n) is 10.2. The zero-order chi connectivity index (χ0) is 22.1. The summed E-state index contributed by atoms with van der Waals surface area (Å²) < 4.78 is 1.70. The highest BCUT2D eigenvalue weighted by atomic mass is 16.1.